The van der Waals surface area contributed by atoms with Crippen LogP contribution in [-0.2, 0) is 6.54 Å². The van der Waals surface area contributed by atoms with Gasteiger partial charge in [-0.2, -0.15) is 13.2 Å². The zero-order valence-corrected chi connectivity index (χ0v) is 10.2. The molecule has 6 heteroatoms. The maximum absolute atomic E-state index is 12.6. The maximum atomic E-state index is 12.6. The van der Waals surface area contributed by atoms with E-state index in [0.717, 1.165) is 11.4 Å². The summed E-state index contributed by atoms with van der Waals surface area (Å²) in [5.74, 6) is -1.13. The Kier molecular flexibility index (Phi) is 4.04. The minimum absolute atomic E-state index is 0.0284. The molecule has 1 aliphatic carbocycles. The molecular weight excluding hydrogens is 249 g/mol. The van der Waals surface area contributed by atoms with Crippen LogP contribution in [0.4, 0.5) is 13.2 Å². The lowest BCUT2D eigenvalue weighted by Crippen LogP contribution is -2.38. The number of halogens is 3. The lowest BCUT2D eigenvalue weighted by atomic mass is 9.85. The number of nitrogens with zero attached hydrogens (tertiary/aromatic N) is 1. The topological polar surface area (TPSA) is 24.9 Å². The van der Waals surface area contributed by atoms with E-state index in [4.69, 9.17) is 0 Å². The minimum Gasteiger partial charge on any atom is -0.308 e. The Balaban J connectivity index is 1.81. The van der Waals surface area contributed by atoms with Crippen LogP contribution in [0.3, 0.4) is 0 Å². The van der Waals surface area contributed by atoms with E-state index < -0.39 is 12.1 Å². The third kappa shape index (κ3) is 3.67. The largest absolute Gasteiger partial charge is 0.391 e. The fraction of sp³-hybridized carbons (Fsp3) is 0.727. The van der Waals surface area contributed by atoms with Gasteiger partial charge in [0.1, 0.15) is 5.01 Å². The molecular formula is C11H15F3N2S. The predicted octanol–water partition coefficient (Wildman–Crippen LogP) is 3.35. The Labute approximate surface area is 102 Å². The molecule has 17 heavy (non-hydrogen) atoms. The van der Waals surface area contributed by atoms with Gasteiger partial charge in [-0.1, -0.05) is 6.42 Å². The molecule has 0 aromatic carbocycles. The average Bonchev–Trinajstić information content (AvgIpc) is 2.78. The van der Waals surface area contributed by atoms with Crippen LogP contribution in [0, 0.1) is 5.92 Å². The fourth-order valence-electron chi connectivity index (χ4n) is 2.24. The summed E-state index contributed by atoms with van der Waals surface area (Å²) >= 11 is 1.52. The van der Waals surface area contributed by atoms with Crippen molar-refractivity contribution >= 4 is 11.3 Å². The van der Waals surface area contributed by atoms with Gasteiger partial charge in [0.2, 0.25) is 0 Å². The number of nitrogens with one attached hydrogen (secondary N) is 1. The lowest BCUT2D eigenvalue weighted by Gasteiger charge is -2.30. The van der Waals surface area contributed by atoms with Gasteiger partial charge in [-0.25, -0.2) is 4.98 Å². The second-order valence-electron chi connectivity index (χ2n) is 4.41. The van der Waals surface area contributed by atoms with E-state index in [1.54, 1.807) is 6.20 Å². The van der Waals surface area contributed by atoms with Crippen molar-refractivity contribution in [2.75, 3.05) is 0 Å². The summed E-state index contributed by atoms with van der Waals surface area (Å²) in [6.45, 7) is 0.576. The molecule has 1 N–H and O–H groups in total. The zero-order valence-electron chi connectivity index (χ0n) is 9.33. The zero-order chi connectivity index (χ0) is 12.3. The Morgan fingerprint density at radius 3 is 2.88 bits per heavy atom. The first kappa shape index (κ1) is 12.8. The normalized spacial score (nSPS) is 26.1. The Bertz CT molecular complexity index is 337. The lowest BCUT2D eigenvalue weighted by molar-refractivity contribution is -0.183. The minimum atomic E-state index is -4.04. The summed E-state index contributed by atoms with van der Waals surface area (Å²) in [7, 11) is 0. The van der Waals surface area contributed by atoms with Crippen LogP contribution in [0.2, 0.25) is 0 Å². The quantitative estimate of drug-likeness (QED) is 0.905. The Hall–Kier alpha value is -0.620. The number of rotatable bonds is 3. The van der Waals surface area contributed by atoms with Crippen LogP contribution in [0.15, 0.2) is 11.6 Å². The highest BCUT2D eigenvalue weighted by Crippen LogP contribution is 2.37. The van der Waals surface area contributed by atoms with Crippen molar-refractivity contribution in [3.8, 4) is 0 Å². The summed E-state index contributed by atoms with van der Waals surface area (Å²) in [6.07, 6.45) is -0.367. The monoisotopic (exact) mass is 264 g/mol. The molecule has 1 aromatic rings. The van der Waals surface area contributed by atoms with E-state index in [0.29, 0.717) is 13.0 Å². The van der Waals surface area contributed by atoms with Crippen LogP contribution in [0.1, 0.15) is 30.7 Å². The molecule has 0 bridgehead atoms. The first-order chi connectivity index (χ1) is 8.05. The molecule has 2 unspecified atom stereocenters. The maximum Gasteiger partial charge on any atom is 0.391 e. The van der Waals surface area contributed by atoms with Gasteiger partial charge in [0.15, 0.2) is 0 Å². The molecule has 2 nitrogen and oxygen atoms in total. The van der Waals surface area contributed by atoms with Crippen LogP contribution < -0.4 is 5.32 Å². The van der Waals surface area contributed by atoms with E-state index in [1.165, 1.54) is 11.3 Å². The summed E-state index contributed by atoms with van der Waals surface area (Å²) in [5.41, 5.74) is 0. The van der Waals surface area contributed by atoms with Gasteiger partial charge in [-0.05, 0) is 19.3 Å². The molecule has 0 saturated heterocycles. The van der Waals surface area contributed by atoms with E-state index in [-0.39, 0.29) is 18.9 Å². The molecule has 0 radical (unpaired) electrons. The number of aromatic nitrogens is 1. The van der Waals surface area contributed by atoms with Crippen LogP contribution in [0.25, 0.3) is 0 Å². The van der Waals surface area contributed by atoms with Crippen molar-refractivity contribution in [2.24, 2.45) is 5.92 Å². The van der Waals surface area contributed by atoms with Crippen LogP contribution in [-0.4, -0.2) is 17.2 Å². The number of thiazole rings is 1. The molecule has 2 atom stereocenters. The molecule has 1 saturated carbocycles. The van der Waals surface area contributed by atoms with Gasteiger partial charge in [-0.15, -0.1) is 11.3 Å². The number of hydrogen-bond donors (Lipinski definition) is 1. The number of alkyl halides is 3. The summed E-state index contributed by atoms with van der Waals surface area (Å²) in [4.78, 5) is 4.10. The van der Waals surface area contributed by atoms with Gasteiger partial charge < -0.3 is 5.32 Å². The predicted molar refractivity (Wildman–Crippen MR) is 60.8 cm³/mol. The molecule has 0 spiro atoms. The molecule has 96 valence electrons. The van der Waals surface area contributed by atoms with Crippen LogP contribution in [0.5, 0.6) is 0 Å². The third-order valence-corrected chi connectivity index (χ3v) is 3.94. The van der Waals surface area contributed by atoms with E-state index in [9.17, 15) is 13.2 Å². The second-order valence-corrected chi connectivity index (χ2v) is 5.39. The summed E-state index contributed by atoms with van der Waals surface area (Å²) in [5, 5.41) is 5.98. The molecule has 1 aromatic heterocycles. The first-order valence-corrected chi connectivity index (χ1v) is 6.62. The third-order valence-electron chi connectivity index (χ3n) is 3.16. The molecule has 0 aliphatic heterocycles. The van der Waals surface area contributed by atoms with E-state index in [1.807, 2.05) is 5.38 Å². The molecule has 0 amide bonds. The van der Waals surface area contributed by atoms with E-state index in [2.05, 4.69) is 10.3 Å². The SMILES string of the molecule is FC(F)(F)C1CCCC(NCc2nccs2)C1. The van der Waals surface area contributed by atoms with Crippen molar-refractivity contribution in [3.63, 3.8) is 0 Å². The average molecular weight is 264 g/mol. The van der Waals surface area contributed by atoms with Crippen molar-refractivity contribution in [2.45, 2.75) is 44.4 Å². The molecule has 1 fully saturated rings. The van der Waals surface area contributed by atoms with Crippen molar-refractivity contribution in [1.82, 2.24) is 10.3 Å². The van der Waals surface area contributed by atoms with Crippen molar-refractivity contribution < 1.29 is 13.2 Å². The van der Waals surface area contributed by atoms with E-state index >= 15 is 0 Å². The first-order valence-electron chi connectivity index (χ1n) is 5.74. The fourth-order valence-corrected chi connectivity index (χ4v) is 2.81. The Morgan fingerprint density at radius 2 is 2.24 bits per heavy atom. The van der Waals surface area contributed by atoms with Gasteiger partial charge in [0, 0.05) is 24.2 Å². The van der Waals surface area contributed by atoms with Gasteiger partial charge in [-0.3, -0.25) is 0 Å². The highest BCUT2D eigenvalue weighted by molar-refractivity contribution is 7.09. The van der Waals surface area contributed by atoms with Gasteiger partial charge >= 0.3 is 6.18 Å². The molecule has 1 aliphatic rings. The standard InChI is InChI=1S/C11H15F3N2S/c12-11(13,14)8-2-1-3-9(6-8)16-7-10-15-4-5-17-10/h4-5,8-9,16H,1-3,6-7H2. The van der Waals surface area contributed by atoms with Crippen LogP contribution >= 0.6 is 11.3 Å². The van der Waals surface area contributed by atoms with Gasteiger partial charge in [0.05, 0.1) is 5.92 Å². The molecule has 2 rings (SSSR count). The molecule has 1 heterocycles. The second kappa shape index (κ2) is 5.35. The number of hydrogen-bond acceptors (Lipinski definition) is 3. The smallest absolute Gasteiger partial charge is 0.308 e. The highest BCUT2D eigenvalue weighted by atomic mass is 32.1. The summed E-state index contributed by atoms with van der Waals surface area (Å²) < 4.78 is 37.8. The Morgan fingerprint density at radius 1 is 1.41 bits per heavy atom. The van der Waals surface area contributed by atoms with Crippen molar-refractivity contribution in [3.05, 3.63) is 16.6 Å². The highest BCUT2D eigenvalue weighted by Gasteiger charge is 2.41. The summed E-state index contributed by atoms with van der Waals surface area (Å²) in [6, 6.07) is -0.0284. The van der Waals surface area contributed by atoms with Crippen molar-refractivity contribution in [1.29, 1.82) is 0 Å². The van der Waals surface area contributed by atoms with Gasteiger partial charge in [0.25, 0.3) is 0 Å².